The van der Waals surface area contributed by atoms with E-state index < -0.39 is 18.1 Å². The second-order valence-corrected chi connectivity index (χ2v) is 8.61. The summed E-state index contributed by atoms with van der Waals surface area (Å²) in [7, 11) is 0. The summed E-state index contributed by atoms with van der Waals surface area (Å²) in [5.41, 5.74) is 7.87. The van der Waals surface area contributed by atoms with E-state index in [1.165, 1.54) is 12.1 Å². The summed E-state index contributed by atoms with van der Waals surface area (Å²) >= 11 is 0. The van der Waals surface area contributed by atoms with Gasteiger partial charge in [-0.25, -0.2) is 28.5 Å². The largest absolute Gasteiger partial charge is 0.444 e. The molecule has 0 unspecified atom stereocenters. The minimum absolute atomic E-state index is 0.256. The van der Waals surface area contributed by atoms with E-state index in [1.807, 2.05) is 12.1 Å². The molecule has 0 saturated carbocycles. The molecule has 10 heteroatoms. The average molecular weight is 466 g/mol. The Bertz CT molecular complexity index is 1330. The van der Waals surface area contributed by atoms with Crippen LogP contribution in [0, 0.1) is 0 Å². The van der Waals surface area contributed by atoms with Crippen molar-refractivity contribution in [1.29, 1.82) is 0 Å². The Kier molecular flexibility index (Phi) is 6.14. The van der Waals surface area contributed by atoms with E-state index >= 15 is 0 Å². The van der Waals surface area contributed by atoms with Gasteiger partial charge in [0.25, 0.3) is 6.43 Å². The lowest BCUT2D eigenvalue weighted by Gasteiger charge is -2.19. The number of nitrogens with zero attached hydrogens (tertiary/aromatic N) is 4. The highest BCUT2D eigenvalue weighted by molar-refractivity contribution is 5.82. The van der Waals surface area contributed by atoms with Gasteiger partial charge in [0.1, 0.15) is 22.6 Å². The van der Waals surface area contributed by atoms with E-state index in [9.17, 15) is 13.6 Å². The number of halogens is 2. The quantitative estimate of drug-likeness (QED) is 0.427. The van der Waals surface area contributed by atoms with Gasteiger partial charge in [0.05, 0.1) is 5.56 Å². The molecule has 0 aliphatic rings. The number of carbonyl (C=O) groups excluding carboxylic acids is 1. The zero-order chi connectivity index (χ0) is 24.5. The molecule has 0 saturated heterocycles. The second kappa shape index (κ2) is 9.05. The highest BCUT2D eigenvalue weighted by Crippen LogP contribution is 2.31. The van der Waals surface area contributed by atoms with Crippen molar-refractivity contribution in [2.75, 3.05) is 5.73 Å². The number of pyridine rings is 2. The first kappa shape index (κ1) is 23.1. The molecule has 4 rings (SSSR count). The van der Waals surface area contributed by atoms with Gasteiger partial charge in [-0.15, -0.1) is 0 Å². The van der Waals surface area contributed by atoms with Crippen molar-refractivity contribution >= 4 is 23.1 Å². The zero-order valence-corrected chi connectivity index (χ0v) is 18.9. The molecule has 0 fully saturated rings. The van der Waals surface area contributed by atoms with Crippen LogP contribution in [0.1, 0.15) is 38.5 Å². The van der Waals surface area contributed by atoms with Gasteiger partial charge in [-0.05, 0) is 62.7 Å². The fourth-order valence-corrected chi connectivity index (χ4v) is 3.38. The highest BCUT2D eigenvalue weighted by atomic mass is 19.3. The molecule has 3 heterocycles. The van der Waals surface area contributed by atoms with E-state index in [2.05, 4.69) is 20.3 Å². The van der Waals surface area contributed by atoms with Crippen LogP contribution in [-0.2, 0) is 11.3 Å². The summed E-state index contributed by atoms with van der Waals surface area (Å²) in [5.74, 6) is 0.686. The number of benzene rings is 1. The number of alkyl carbamates (subject to hydrolysis) is 1. The number of imidazole rings is 1. The topological polar surface area (TPSA) is 108 Å². The van der Waals surface area contributed by atoms with Crippen LogP contribution >= 0.6 is 0 Å². The van der Waals surface area contributed by atoms with Crippen molar-refractivity contribution in [1.82, 2.24) is 24.8 Å². The third kappa shape index (κ3) is 4.95. The van der Waals surface area contributed by atoms with Gasteiger partial charge in [0.15, 0.2) is 11.5 Å². The molecule has 0 aliphatic heterocycles. The number of ether oxygens (including phenoxy) is 1. The first-order valence-corrected chi connectivity index (χ1v) is 10.6. The molecule has 34 heavy (non-hydrogen) atoms. The Morgan fingerprint density at radius 2 is 1.85 bits per heavy atom. The lowest BCUT2D eigenvalue weighted by atomic mass is 10.2. The predicted octanol–water partition coefficient (Wildman–Crippen LogP) is 5.03. The van der Waals surface area contributed by atoms with Crippen LogP contribution in [-0.4, -0.2) is 31.2 Å². The first-order chi connectivity index (χ1) is 16.1. The van der Waals surface area contributed by atoms with E-state index in [1.54, 1.807) is 55.8 Å². The minimum Gasteiger partial charge on any atom is -0.444 e. The number of hydrogen-bond donors (Lipinski definition) is 2. The maximum absolute atomic E-state index is 13.4. The third-order valence-electron chi connectivity index (χ3n) is 4.86. The van der Waals surface area contributed by atoms with Gasteiger partial charge in [0.2, 0.25) is 0 Å². The van der Waals surface area contributed by atoms with E-state index in [4.69, 9.17) is 10.5 Å². The number of nitrogen functional groups attached to an aromatic ring is 1. The van der Waals surface area contributed by atoms with Gasteiger partial charge in [-0.3, -0.25) is 4.57 Å². The molecule has 8 nitrogen and oxygen atoms in total. The van der Waals surface area contributed by atoms with Crippen molar-refractivity contribution in [3.8, 4) is 17.1 Å². The van der Waals surface area contributed by atoms with Gasteiger partial charge in [-0.2, -0.15) is 0 Å². The number of aromatic nitrogens is 4. The minimum atomic E-state index is -2.72. The summed E-state index contributed by atoms with van der Waals surface area (Å²) < 4.78 is 33.6. The Morgan fingerprint density at radius 3 is 2.50 bits per heavy atom. The molecule has 0 bridgehead atoms. The average Bonchev–Trinajstić information content (AvgIpc) is 3.15. The molecule has 0 atom stereocenters. The Hall–Kier alpha value is -4.08. The molecule has 0 aliphatic carbocycles. The lowest BCUT2D eigenvalue weighted by molar-refractivity contribution is 0.0523. The summed E-state index contributed by atoms with van der Waals surface area (Å²) in [6, 6.07) is 13.4. The van der Waals surface area contributed by atoms with Gasteiger partial charge in [-0.1, -0.05) is 12.1 Å². The van der Waals surface area contributed by atoms with Crippen molar-refractivity contribution in [3.63, 3.8) is 0 Å². The molecule has 3 N–H and O–H groups in total. The Morgan fingerprint density at radius 1 is 1.12 bits per heavy atom. The van der Waals surface area contributed by atoms with Crippen LogP contribution in [0.25, 0.3) is 28.2 Å². The summed E-state index contributed by atoms with van der Waals surface area (Å²) in [6.45, 7) is 5.63. The van der Waals surface area contributed by atoms with Crippen LogP contribution in [0.2, 0.25) is 0 Å². The molecule has 1 amide bonds. The molecule has 1 aromatic carbocycles. The highest BCUT2D eigenvalue weighted by Gasteiger charge is 2.20. The number of anilines is 1. The van der Waals surface area contributed by atoms with Gasteiger partial charge >= 0.3 is 6.09 Å². The van der Waals surface area contributed by atoms with E-state index in [-0.39, 0.29) is 23.7 Å². The molecular weight excluding hydrogens is 442 g/mol. The normalized spacial score (nSPS) is 11.7. The van der Waals surface area contributed by atoms with Gasteiger partial charge < -0.3 is 15.8 Å². The van der Waals surface area contributed by atoms with Gasteiger partial charge in [0, 0.05) is 18.4 Å². The number of amides is 1. The molecule has 0 radical (unpaired) electrons. The number of carbonyl (C=O) groups is 1. The number of alkyl halides is 2. The summed E-state index contributed by atoms with van der Waals surface area (Å²) in [6.07, 6.45) is -1.68. The molecular formula is C24H24F2N6O2. The first-order valence-electron chi connectivity index (χ1n) is 10.6. The van der Waals surface area contributed by atoms with Crippen LogP contribution in [0.5, 0.6) is 0 Å². The fourth-order valence-electron chi connectivity index (χ4n) is 3.38. The monoisotopic (exact) mass is 466 g/mol. The SMILES string of the molecule is CC(C)(C)OC(=O)NCc1ccc(-n2c(-c3cccnc3N)nc3ccc(C(F)F)nc32)cc1. The molecule has 0 spiro atoms. The van der Waals surface area contributed by atoms with Crippen LogP contribution in [0.3, 0.4) is 0 Å². The second-order valence-electron chi connectivity index (χ2n) is 8.61. The van der Waals surface area contributed by atoms with Crippen LogP contribution in [0.15, 0.2) is 54.7 Å². The third-order valence-corrected chi connectivity index (χ3v) is 4.86. The molecule has 3 aromatic heterocycles. The standard InChI is InChI=1S/C24H24F2N6O2/c1-24(2,3)34-23(33)29-13-14-6-8-15(9-7-14)32-21(16-5-4-12-28-20(16)27)31-18-11-10-17(19(25)26)30-22(18)32/h4-12,19H,13H2,1-3H3,(H2,27,28)(H,29,33). The van der Waals surface area contributed by atoms with Crippen molar-refractivity contribution in [3.05, 3.63) is 66.0 Å². The smallest absolute Gasteiger partial charge is 0.407 e. The van der Waals surface area contributed by atoms with Crippen LogP contribution < -0.4 is 11.1 Å². The summed E-state index contributed by atoms with van der Waals surface area (Å²) in [5, 5.41) is 2.70. The lowest BCUT2D eigenvalue weighted by Crippen LogP contribution is -2.32. The predicted molar refractivity (Wildman–Crippen MR) is 125 cm³/mol. The van der Waals surface area contributed by atoms with Crippen molar-refractivity contribution in [2.45, 2.75) is 39.3 Å². The maximum atomic E-state index is 13.4. The maximum Gasteiger partial charge on any atom is 0.407 e. The van der Waals surface area contributed by atoms with E-state index in [0.29, 0.717) is 22.6 Å². The number of nitrogens with two attached hydrogens (primary N) is 1. The number of hydrogen-bond acceptors (Lipinski definition) is 6. The molecule has 4 aromatic rings. The number of fused-ring (bicyclic) bond motifs is 1. The zero-order valence-electron chi connectivity index (χ0n) is 18.9. The van der Waals surface area contributed by atoms with Crippen molar-refractivity contribution < 1.29 is 18.3 Å². The fraction of sp³-hybridized carbons (Fsp3) is 0.250. The Balaban J connectivity index is 1.72. The summed E-state index contributed by atoms with van der Waals surface area (Å²) in [4.78, 5) is 24.8. The Labute approximate surface area is 194 Å². The molecule has 176 valence electrons. The van der Waals surface area contributed by atoms with Crippen LogP contribution in [0.4, 0.5) is 19.4 Å². The van der Waals surface area contributed by atoms with E-state index in [0.717, 1.165) is 5.56 Å². The van der Waals surface area contributed by atoms with Crippen molar-refractivity contribution in [2.24, 2.45) is 0 Å². The number of rotatable bonds is 5. The number of nitrogens with one attached hydrogen (secondary N) is 1.